The number of esters is 1. The molecule has 31 heavy (non-hydrogen) atoms. The highest BCUT2D eigenvalue weighted by atomic mass is 16.5. The molecule has 0 heterocycles. The number of carbonyl (C=O) groups excluding carboxylic acids is 2. The molecular weight excluding hydrogens is 400 g/mol. The van der Waals surface area contributed by atoms with Gasteiger partial charge in [-0.05, 0) is 29.2 Å². The number of carbonyl (C=O) groups is 3. The fourth-order valence-electron chi connectivity index (χ4n) is 3.52. The van der Waals surface area contributed by atoms with E-state index in [0.29, 0.717) is 12.1 Å². The van der Waals surface area contributed by atoms with Crippen molar-refractivity contribution >= 4 is 28.7 Å². The SMILES string of the molecule is CCOC(=O)C(c1ccc2ccccc2c1)[C@](CCO)(NC(=O)NCC(C)C)C(=O)O. The second-order valence-corrected chi connectivity index (χ2v) is 7.77. The van der Waals surface area contributed by atoms with Crippen molar-refractivity contribution in [3.8, 4) is 0 Å². The fraction of sp³-hybridized carbons (Fsp3) is 0.435. The number of carboxylic acid groups (broad SMARTS) is 1. The highest BCUT2D eigenvalue weighted by molar-refractivity contribution is 5.96. The van der Waals surface area contributed by atoms with Crippen molar-refractivity contribution in [2.75, 3.05) is 19.8 Å². The summed E-state index contributed by atoms with van der Waals surface area (Å²) < 4.78 is 5.20. The molecule has 0 aliphatic rings. The Hall–Kier alpha value is -3.13. The third-order valence-corrected chi connectivity index (χ3v) is 5.02. The third kappa shape index (κ3) is 5.73. The van der Waals surface area contributed by atoms with Crippen LogP contribution in [0.4, 0.5) is 4.79 Å². The van der Waals surface area contributed by atoms with Gasteiger partial charge < -0.3 is 25.6 Å². The summed E-state index contributed by atoms with van der Waals surface area (Å²) in [6.45, 7) is 5.22. The molecule has 168 valence electrons. The van der Waals surface area contributed by atoms with Crippen molar-refractivity contribution in [1.82, 2.24) is 10.6 Å². The minimum Gasteiger partial charge on any atom is -0.479 e. The highest BCUT2D eigenvalue weighted by Crippen LogP contribution is 2.35. The molecule has 2 aromatic carbocycles. The number of urea groups is 1. The number of aliphatic carboxylic acids is 1. The zero-order valence-corrected chi connectivity index (χ0v) is 18.1. The zero-order chi connectivity index (χ0) is 23.0. The van der Waals surface area contributed by atoms with Crippen LogP contribution >= 0.6 is 0 Å². The lowest BCUT2D eigenvalue weighted by Crippen LogP contribution is -2.63. The molecule has 0 saturated heterocycles. The molecule has 1 unspecified atom stereocenters. The summed E-state index contributed by atoms with van der Waals surface area (Å²) in [5.74, 6) is -3.46. The van der Waals surface area contributed by atoms with Gasteiger partial charge in [-0.2, -0.15) is 0 Å². The molecule has 0 saturated carbocycles. The molecule has 0 aliphatic carbocycles. The van der Waals surface area contributed by atoms with E-state index in [4.69, 9.17) is 4.74 Å². The second-order valence-electron chi connectivity index (χ2n) is 7.77. The van der Waals surface area contributed by atoms with E-state index >= 15 is 0 Å². The number of fused-ring (bicyclic) bond motifs is 1. The number of aliphatic hydroxyl groups is 1. The molecule has 2 rings (SSSR count). The molecule has 2 aromatic rings. The monoisotopic (exact) mass is 430 g/mol. The van der Waals surface area contributed by atoms with Crippen molar-refractivity contribution in [1.29, 1.82) is 0 Å². The topological polar surface area (TPSA) is 125 Å². The number of hydrogen-bond acceptors (Lipinski definition) is 5. The van der Waals surface area contributed by atoms with Gasteiger partial charge >= 0.3 is 18.0 Å². The molecule has 2 atom stereocenters. The van der Waals surface area contributed by atoms with Crippen LogP contribution < -0.4 is 10.6 Å². The number of carboxylic acids is 1. The molecule has 8 nitrogen and oxygen atoms in total. The molecule has 2 amide bonds. The minimum absolute atomic E-state index is 0.0390. The summed E-state index contributed by atoms with van der Waals surface area (Å²) in [6, 6.07) is 11.8. The first-order chi connectivity index (χ1) is 14.7. The maximum atomic E-state index is 13.0. The molecule has 4 N–H and O–H groups in total. The highest BCUT2D eigenvalue weighted by Gasteiger charge is 2.52. The number of nitrogens with one attached hydrogen (secondary N) is 2. The molecule has 0 aliphatic heterocycles. The van der Waals surface area contributed by atoms with Crippen LogP contribution in [0.5, 0.6) is 0 Å². The third-order valence-electron chi connectivity index (χ3n) is 5.02. The Kier molecular flexibility index (Phi) is 8.38. The molecule has 0 fully saturated rings. The van der Waals surface area contributed by atoms with Gasteiger partial charge in [0, 0.05) is 19.6 Å². The number of benzene rings is 2. The summed E-state index contributed by atoms with van der Waals surface area (Å²) in [5, 5.41) is 26.7. The Bertz CT molecular complexity index is 929. The van der Waals surface area contributed by atoms with Crippen molar-refractivity contribution in [3.05, 3.63) is 48.0 Å². The Morgan fingerprint density at radius 2 is 1.77 bits per heavy atom. The molecule has 8 heteroatoms. The lowest BCUT2D eigenvalue weighted by molar-refractivity contribution is -0.157. The lowest BCUT2D eigenvalue weighted by Gasteiger charge is -2.36. The van der Waals surface area contributed by atoms with E-state index in [-0.39, 0.29) is 18.9 Å². The normalized spacial score (nSPS) is 14.0. The number of hydrogen-bond donors (Lipinski definition) is 4. The van der Waals surface area contributed by atoms with Crippen LogP contribution in [-0.4, -0.2) is 53.5 Å². The van der Waals surface area contributed by atoms with Crippen molar-refractivity contribution < 1.29 is 29.3 Å². The first-order valence-corrected chi connectivity index (χ1v) is 10.3. The van der Waals surface area contributed by atoms with Crippen LogP contribution in [0.2, 0.25) is 0 Å². The number of amides is 2. The van der Waals surface area contributed by atoms with Gasteiger partial charge in [0.1, 0.15) is 5.92 Å². The fourth-order valence-corrected chi connectivity index (χ4v) is 3.52. The van der Waals surface area contributed by atoms with Gasteiger partial charge in [-0.15, -0.1) is 0 Å². The molecule has 0 spiro atoms. The van der Waals surface area contributed by atoms with E-state index in [1.54, 1.807) is 25.1 Å². The summed E-state index contributed by atoms with van der Waals surface area (Å²) in [6.07, 6.45) is -0.381. The van der Waals surface area contributed by atoms with Gasteiger partial charge in [-0.3, -0.25) is 4.79 Å². The van der Waals surface area contributed by atoms with Gasteiger partial charge in [0.25, 0.3) is 0 Å². The van der Waals surface area contributed by atoms with Crippen molar-refractivity contribution in [2.45, 2.75) is 38.6 Å². The van der Waals surface area contributed by atoms with Gasteiger partial charge in [-0.1, -0.05) is 56.3 Å². The zero-order valence-electron chi connectivity index (χ0n) is 18.1. The Morgan fingerprint density at radius 1 is 1.10 bits per heavy atom. The second kappa shape index (κ2) is 10.8. The predicted molar refractivity (Wildman–Crippen MR) is 117 cm³/mol. The van der Waals surface area contributed by atoms with E-state index in [0.717, 1.165) is 10.8 Å². The molecule has 0 aromatic heterocycles. The van der Waals surface area contributed by atoms with Crippen molar-refractivity contribution in [2.24, 2.45) is 5.92 Å². The Balaban J connectivity index is 2.60. The minimum atomic E-state index is -2.11. The smallest absolute Gasteiger partial charge is 0.330 e. The maximum Gasteiger partial charge on any atom is 0.330 e. The van der Waals surface area contributed by atoms with Gasteiger partial charge in [0.2, 0.25) is 0 Å². The number of aliphatic hydroxyl groups excluding tert-OH is 1. The van der Waals surface area contributed by atoms with Crippen molar-refractivity contribution in [3.63, 3.8) is 0 Å². The van der Waals surface area contributed by atoms with E-state index in [1.165, 1.54) is 0 Å². The van der Waals surface area contributed by atoms with Crippen LogP contribution in [-0.2, 0) is 14.3 Å². The first-order valence-electron chi connectivity index (χ1n) is 10.3. The Morgan fingerprint density at radius 3 is 2.35 bits per heavy atom. The van der Waals surface area contributed by atoms with Gasteiger partial charge in [0.15, 0.2) is 5.54 Å². The number of rotatable bonds is 10. The van der Waals surface area contributed by atoms with Crippen LogP contribution in [0.3, 0.4) is 0 Å². The molecule has 0 radical (unpaired) electrons. The van der Waals surface area contributed by atoms with Crippen LogP contribution in [0, 0.1) is 5.92 Å². The van der Waals surface area contributed by atoms with Gasteiger partial charge in [-0.25, -0.2) is 9.59 Å². The van der Waals surface area contributed by atoms with E-state index < -0.39 is 36.0 Å². The first kappa shape index (κ1) is 24.1. The quantitative estimate of drug-likeness (QED) is 0.430. The average Bonchev–Trinajstić information content (AvgIpc) is 2.72. The summed E-state index contributed by atoms with van der Waals surface area (Å²) >= 11 is 0. The van der Waals surface area contributed by atoms with Crippen LogP contribution in [0.25, 0.3) is 10.8 Å². The number of ether oxygens (including phenoxy) is 1. The summed E-state index contributed by atoms with van der Waals surface area (Å²) in [5.41, 5.74) is -1.73. The Labute approximate surface area is 181 Å². The molecule has 0 bridgehead atoms. The van der Waals surface area contributed by atoms with E-state index in [9.17, 15) is 24.6 Å². The standard InChI is InChI=1S/C23H30N2O6/c1-4-31-20(27)19(18-10-9-16-7-5-6-8-17(16)13-18)23(11-12-26,21(28)29)25-22(30)24-14-15(2)3/h5-10,13,15,19,26H,4,11-12,14H2,1-3H3,(H,28,29)(H2,24,25,30)/t19?,23-/m0/s1. The van der Waals surface area contributed by atoms with Crippen LogP contribution in [0.1, 0.15) is 38.7 Å². The van der Waals surface area contributed by atoms with E-state index in [2.05, 4.69) is 10.6 Å². The average molecular weight is 431 g/mol. The lowest BCUT2D eigenvalue weighted by atomic mass is 9.76. The predicted octanol–water partition coefficient (Wildman–Crippen LogP) is 2.65. The van der Waals surface area contributed by atoms with Gasteiger partial charge in [0.05, 0.1) is 6.61 Å². The maximum absolute atomic E-state index is 13.0. The van der Waals surface area contributed by atoms with E-state index in [1.807, 2.05) is 38.1 Å². The van der Waals surface area contributed by atoms with Crippen LogP contribution in [0.15, 0.2) is 42.5 Å². The summed E-state index contributed by atoms with van der Waals surface area (Å²) in [7, 11) is 0. The summed E-state index contributed by atoms with van der Waals surface area (Å²) in [4.78, 5) is 38.1. The largest absolute Gasteiger partial charge is 0.479 e. The molecular formula is C23H30N2O6.